The second kappa shape index (κ2) is 6.70. The van der Waals surface area contributed by atoms with Crippen LogP contribution < -0.4 is 0 Å². The van der Waals surface area contributed by atoms with E-state index in [-0.39, 0.29) is 11.5 Å². The monoisotopic (exact) mass is 297 g/mol. The fourth-order valence-electron chi connectivity index (χ4n) is 2.82. The predicted molar refractivity (Wildman–Crippen MR) is 78.8 cm³/mol. The van der Waals surface area contributed by atoms with E-state index in [1.165, 1.54) is 23.6 Å². The minimum atomic E-state index is -3.45. The molecular formula is C15H23NO3S. The summed E-state index contributed by atoms with van der Waals surface area (Å²) in [6.45, 7) is 0.446. The molecule has 0 aromatic heterocycles. The Kier molecular flexibility index (Phi) is 5.18. The van der Waals surface area contributed by atoms with Gasteiger partial charge in [0.15, 0.2) is 0 Å². The fourth-order valence-corrected chi connectivity index (χ4v) is 4.13. The zero-order valence-electron chi connectivity index (χ0n) is 12.0. The van der Waals surface area contributed by atoms with Gasteiger partial charge >= 0.3 is 0 Å². The lowest BCUT2D eigenvalue weighted by atomic mass is 9.89. The van der Waals surface area contributed by atoms with Crippen LogP contribution in [0.4, 0.5) is 0 Å². The summed E-state index contributed by atoms with van der Waals surface area (Å²) in [7, 11) is -1.80. The van der Waals surface area contributed by atoms with Crippen LogP contribution in [-0.4, -0.2) is 31.4 Å². The van der Waals surface area contributed by atoms with Gasteiger partial charge in [-0.1, -0.05) is 31.4 Å². The molecule has 1 N–H and O–H groups in total. The first-order valence-electron chi connectivity index (χ1n) is 7.20. The van der Waals surface area contributed by atoms with Gasteiger partial charge in [0.25, 0.3) is 0 Å². The van der Waals surface area contributed by atoms with E-state index < -0.39 is 10.0 Å². The molecule has 0 radical (unpaired) electrons. The molecule has 0 bridgehead atoms. The van der Waals surface area contributed by atoms with E-state index in [1.807, 2.05) is 0 Å². The second-order valence-electron chi connectivity index (χ2n) is 5.60. The summed E-state index contributed by atoms with van der Waals surface area (Å²) < 4.78 is 26.5. The van der Waals surface area contributed by atoms with Crippen LogP contribution in [0, 0.1) is 5.92 Å². The summed E-state index contributed by atoms with van der Waals surface area (Å²) in [6.07, 6.45) is 5.93. The van der Waals surface area contributed by atoms with Crippen molar-refractivity contribution in [1.82, 2.24) is 4.31 Å². The largest absolute Gasteiger partial charge is 0.392 e. The molecule has 2 rings (SSSR count). The summed E-state index contributed by atoms with van der Waals surface area (Å²) >= 11 is 0. The van der Waals surface area contributed by atoms with Crippen LogP contribution in [0.2, 0.25) is 0 Å². The van der Waals surface area contributed by atoms with Crippen molar-refractivity contribution in [3.05, 3.63) is 29.8 Å². The van der Waals surface area contributed by atoms with E-state index in [9.17, 15) is 8.42 Å². The summed E-state index contributed by atoms with van der Waals surface area (Å²) in [5.41, 5.74) is 0.622. The third-order valence-corrected chi connectivity index (χ3v) is 5.85. The fraction of sp³-hybridized carbons (Fsp3) is 0.600. The van der Waals surface area contributed by atoms with Gasteiger partial charge in [-0.3, -0.25) is 0 Å². The number of rotatable bonds is 5. The second-order valence-corrected chi connectivity index (χ2v) is 7.64. The number of aliphatic hydroxyl groups is 1. The average Bonchev–Trinajstić information content (AvgIpc) is 2.48. The van der Waals surface area contributed by atoms with Crippen molar-refractivity contribution in [2.75, 3.05) is 13.6 Å². The Morgan fingerprint density at radius 2 is 1.95 bits per heavy atom. The Hall–Kier alpha value is -0.910. The summed E-state index contributed by atoms with van der Waals surface area (Å²) in [5.74, 6) is 0.476. The molecule has 1 aliphatic carbocycles. The van der Waals surface area contributed by atoms with Crippen LogP contribution >= 0.6 is 0 Å². The van der Waals surface area contributed by atoms with Crippen LogP contribution in [-0.2, 0) is 16.6 Å². The first-order chi connectivity index (χ1) is 9.54. The molecular weight excluding hydrogens is 274 g/mol. The molecule has 0 amide bonds. The Labute approximate surface area is 121 Å². The molecule has 0 atom stereocenters. The molecule has 112 valence electrons. The first-order valence-corrected chi connectivity index (χ1v) is 8.64. The highest BCUT2D eigenvalue weighted by molar-refractivity contribution is 7.89. The van der Waals surface area contributed by atoms with Crippen LogP contribution in [0.25, 0.3) is 0 Å². The van der Waals surface area contributed by atoms with Gasteiger partial charge < -0.3 is 5.11 Å². The molecule has 0 heterocycles. The summed E-state index contributed by atoms with van der Waals surface area (Å²) in [4.78, 5) is 0.266. The standard InChI is InChI=1S/C15H23NO3S/c1-16(11-13-6-3-2-4-7-13)20(18,19)15-9-5-8-14(10-15)12-17/h5,8-10,13,17H,2-4,6-7,11-12H2,1H3. The molecule has 0 saturated heterocycles. The quantitative estimate of drug-likeness (QED) is 0.908. The smallest absolute Gasteiger partial charge is 0.242 e. The molecule has 1 aromatic carbocycles. The number of hydrogen-bond donors (Lipinski definition) is 1. The minimum absolute atomic E-state index is 0.143. The van der Waals surface area contributed by atoms with Crippen LogP contribution in [0.5, 0.6) is 0 Å². The van der Waals surface area contributed by atoms with Crippen molar-refractivity contribution in [3.8, 4) is 0 Å². The van der Waals surface area contributed by atoms with Crippen molar-refractivity contribution in [2.45, 2.75) is 43.6 Å². The van der Waals surface area contributed by atoms with Gasteiger partial charge in [-0.05, 0) is 36.5 Å². The van der Waals surface area contributed by atoms with Crippen molar-refractivity contribution in [1.29, 1.82) is 0 Å². The minimum Gasteiger partial charge on any atom is -0.392 e. The van der Waals surface area contributed by atoms with Gasteiger partial charge in [-0.2, -0.15) is 0 Å². The number of aliphatic hydroxyl groups excluding tert-OH is 1. The maximum Gasteiger partial charge on any atom is 0.242 e. The van der Waals surface area contributed by atoms with Gasteiger partial charge in [0.1, 0.15) is 0 Å². The van der Waals surface area contributed by atoms with E-state index in [0.717, 1.165) is 12.8 Å². The molecule has 0 spiro atoms. The topological polar surface area (TPSA) is 57.6 Å². The van der Waals surface area contributed by atoms with Crippen LogP contribution in [0.3, 0.4) is 0 Å². The van der Waals surface area contributed by atoms with Gasteiger partial charge in [0.05, 0.1) is 11.5 Å². The molecule has 1 aromatic rings. The third-order valence-electron chi connectivity index (χ3n) is 4.03. The van der Waals surface area contributed by atoms with E-state index in [2.05, 4.69) is 0 Å². The van der Waals surface area contributed by atoms with E-state index in [4.69, 9.17) is 5.11 Å². The van der Waals surface area contributed by atoms with Crippen molar-refractivity contribution in [3.63, 3.8) is 0 Å². The summed E-state index contributed by atoms with van der Waals surface area (Å²) in [6, 6.07) is 6.53. The molecule has 0 unspecified atom stereocenters. The van der Waals surface area contributed by atoms with E-state index in [0.29, 0.717) is 18.0 Å². The highest BCUT2D eigenvalue weighted by Crippen LogP contribution is 2.26. The average molecular weight is 297 g/mol. The van der Waals surface area contributed by atoms with Crippen molar-refractivity contribution >= 4 is 10.0 Å². The number of sulfonamides is 1. The molecule has 1 fully saturated rings. The molecule has 20 heavy (non-hydrogen) atoms. The molecule has 5 heteroatoms. The van der Waals surface area contributed by atoms with Gasteiger partial charge in [-0.15, -0.1) is 0 Å². The predicted octanol–water partition coefficient (Wildman–Crippen LogP) is 2.38. The Balaban J connectivity index is 2.11. The summed E-state index contributed by atoms with van der Waals surface area (Å²) in [5, 5.41) is 9.12. The zero-order chi connectivity index (χ0) is 14.6. The normalized spacial score (nSPS) is 17.6. The van der Waals surface area contributed by atoms with Crippen molar-refractivity contribution < 1.29 is 13.5 Å². The highest BCUT2D eigenvalue weighted by atomic mass is 32.2. The van der Waals surface area contributed by atoms with E-state index >= 15 is 0 Å². The first kappa shape index (κ1) is 15.5. The molecule has 0 aliphatic heterocycles. The molecule has 4 nitrogen and oxygen atoms in total. The van der Waals surface area contributed by atoms with Gasteiger partial charge in [-0.25, -0.2) is 12.7 Å². The van der Waals surface area contributed by atoms with Crippen LogP contribution in [0.1, 0.15) is 37.7 Å². The van der Waals surface area contributed by atoms with Crippen molar-refractivity contribution in [2.24, 2.45) is 5.92 Å². The highest BCUT2D eigenvalue weighted by Gasteiger charge is 2.24. The van der Waals surface area contributed by atoms with Gasteiger partial charge in [0, 0.05) is 13.6 Å². The lowest BCUT2D eigenvalue weighted by Crippen LogP contribution is -2.32. The Bertz CT molecular complexity index is 536. The number of nitrogens with zero attached hydrogens (tertiary/aromatic N) is 1. The van der Waals surface area contributed by atoms with E-state index in [1.54, 1.807) is 31.3 Å². The maximum absolute atomic E-state index is 12.5. The SMILES string of the molecule is CN(CC1CCCCC1)S(=O)(=O)c1cccc(CO)c1. The zero-order valence-corrected chi connectivity index (χ0v) is 12.8. The lowest BCUT2D eigenvalue weighted by molar-refractivity contribution is 0.281. The maximum atomic E-state index is 12.5. The van der Waals surface area contributed by atoms with Crippen LogP contribution in [0.15, 0.2) is 29.2 Å². The number of hydrogen-bond acceptors (Lipinski definition) is 3. The Morgan fingerprint density at radius 1 is 1.25 bits per heavy atom. The van der Waals surface area contributed by atoms with Gasteiger partial charge in [0.2, 0.25) is 10.0 Å². The third kappa shape index (κ3) is 3.59. The Morgan fingerprint density at radius 3 is 2.60 bits per heavy atom. The lowest BCUT2D eigenvalue weighted by Gasteiger charge is -2.26. The molecule has 1 saturated carbocycles. The number of benzene rings is 1. The molecule has 1 aliphatic rings.